The number of halogens is 1. The lowest BCUT2D eigenvalue weighted by Gasteiger charge is -2.12. The SMILES string of the molecule is CCOC(=O)c1n[nH]nc1-c1ccc(OCc2ccccc2F)c(OC)c1. The van der Waals surface area contributed by atoms with Crippen LogP contribution in [-0.2, 0) is 11.3 Å². The highest BCUT2D eigenvalue weighted by Gasteiger charge is 2.20. The Morgan fingerprint density at radius 2 is 1.96 bits per heavy atom. The van der Waals surface area contributed by atoms with Crippen molar-refractivity contribution in [1.82, 2.24) is 15.4 Å². The number of nitrogens with zero attached hydrogens (tertiary/aromatic N) is 2. The largest absolute Gasteiger partial charge is 0.493 e. The number of carbonyl (C=O) groups excluding carboxylic acids is 1. The van der Waals surface area contributed by atoms with Gasteiger partial charge in [0.2, 0.25) is 0 Å². The number of methoxy groups -OCH3 is 1. The number of esters is 1. The van der Waals surface area contributed by atoms with Crippen LogP contribution in [-0.4, -0.2) is 35.1 Å². The molecule has 27 heavy (non-hydrogen) atoms. The summed E-state index contributed by atoms with van der Waals surface area (Å²) in [5.74, 6) is -0.0535. The van der Waals surface area contributed by atoms with Crippen LogP contribution in [0.15, 0.2) is 42.5 Å². The van der Waals surface area contributed by atoms with Gasteiger partial charge >= 0.3 is 5.97 Å². The van der Waals surface area contributed by atoms with E-state index in [1.54, 1.807) is 43.3 Å². The van der Waals surface area contributed by atoms with Crippen molar-refractivity contribution in [2.45, 2.75) is 13.5 Å². The fourth-order valence-corrected chi connectivity index (χ4v) is 2.48. The molecule has 2 aromatic carbocycles. The average molecular weight is 371 g/mol. The van der Waals surface area contributed by atoms with Crippen molar-refractivity contribution in [3.8, 4) is 22.8 Å². The Morgan fingerprint density at radius 3 is 2.70 bits per heavy atom. The smallest absolute Gasteiger partial charge is 0.361 e. The van der Waals surface area contributed by atoms with Gasteiger partial charge in [-0.1, -0.05) is 18.2 Å². The van der Waals surface area contributed by atoms with Crippen LogP contribution in [0.5, 0.6) is 11.5 Å². The van der Waals surface area contributed by atoms with Gasteiger partial charge in [0.1, 0.15) is 18.1 Å². The molecule has 0 saturated heterocycles. The van der Waals surface area contributed by atoms with Gasteiger partial charge in [0, 0.05) is 11.1 Å². The Kier molecular flexibility index (Phi) is 5.65. The lowest BCUT2D eigenvalue weighted by Crippen LogP contribution is -2.07. The summed E-state index contributed by atoms with van der Waals surface area (Å²) in [6, 6.07) is 11.4. The fraction of sp³-hybridized carbons (Fsp3) is 0.211. The zero-order chi connectivity index (χ0) is 19.2. The second-order valence-corrected chi connectivity index (χ2v) is 5.49. The first kappa shape index (κ1) is 18.4. The Morgan fingerprint density at radius 1 is 1.15 bits per heavy atom. The molecular weight excluding hydrogens is 353 g/mol. The number of aromatic amines is 1. The molecule has 8 heteroatoms. The number of hydrogen-bond donors (Lipinski definition) is 1. The summed E-state index contributed by atoms with van der Waals surface area (Å²) >= 11 is 0. The zero-order valence-corrected chi connectivity index (χ0v) is 14.9. The van der Waals surface area contributed by atoms with Crippen LogP contribution >= 0.6 is 0 Å². The van der Waals surface area contributed by atoms with Crippen LogP contribution in [0.3, 0.4) is 0 Å². The summed E-state index contributed by atoms with van der Waals surface area (Å²) in [4.78, 5) is 12.0. The van der Waals surface area contributed by atoms with E-state index in [0.717, 1.165) is 0 Å². The maximum atomic E-state index is 13.7. The van der Waals surface area contributed by atoms with Crippen LogP contribution in [0.25, 0.3) is 11.3 Å². The third-order valence-electron chi connectivity index (χ3n) is 3.79. The third-order valence-corrected chi connectivity index (χ3v) is 3.79. The minimum atomic E-state index is -0.569. The lowest BCUT2D eigenvalue weighted by molar-refractivity contribution is 0.0520. The number of nitrogens with one attached hydrogen (secondary N) is 1. The van der Waals surface area contributed by atoms with Gasteiger partial charge in [0.15, 0.2) is 17.2 Å². The van der Waals surface area contributed by atoms with Crippen LogP contribution in [0, 0.1) is 5.82 Å². The molecule has 0 aliphatic carbocycles. The average Bonchev–Trinajstić information content (AvgIpc) is 3.17. The summed E-state index contributed by atoms with van der Waals surface area (Å²) in [5.41, 5.74) is 1.46. The molecule has 3 rings (SSSR count). The highest BCUT2D eigenvalue weighted by molar-refractivity contribution is 5.94. The Bertz CT molecular complexity index is 942. The predicted molar refractivity (Wildman–Crippen MR) is 95.1 cm³/mol. The number of ether oxygens (including phenoxy) is 3. The van der Waals surface area contributed by atoms with Crippen LogP contribution in [0.1, 0.15) is 23.0 Å². The van der Waals surface area contributed by atoms with E-state index in [4.69, 9.17) is 14.2 Å². The second kappa shape index (κ2) is 8.31. The molecule has 1 aromatic heterocycles. The molecule has 0 aliphatic heterocycles. The predicted octanol–water partition coefficient (Wildman–Crippen LogP) is 3.38. The zero-order valence-electron chi connectivity index (χ0n) is 14.9. The highest BCUT2D eigenvalue weighted by Crippen LogP contribution is 2.33. The van der Waals surface area contributed by atoms with Gasteiger partial charge in [-0.25, -0.2) is 9.18 Å². The number of benzene rings is 2. The third kappa shape index (κ3) is 4.05. The topological polar surface area (TPSA) is 86.3 Å². The quantitative estimate of drug-likeness (QED) is 0.641. The number of hydrogen-bond acceptors (Lipinski definition) is 6. The molecule has 0 unspecified atom stereocenters. The van der Waals surface area contributed by atoms with Crippen LogP contribution in [0.2, 0.25) is 0 Å². The Balaban J connectivity index is 1.84. The standard InChI is InChI=1S/C19H18FN3O4/c1-3-26-19(24)18-17(21-23-22-18)12-8-9-15(16(10-12)25-2)27-11-13-6-4-5-7-14(13)20/h4-10H,3,11H2,1-2H3,(H,21,22,23). The van der Waals surface area contributed by atoms with E-state index in [-0.39, 0.29) is 24.7 Å². The van der Waals surface area contributed by atoms with Crippen molar-refractivity contribution in [1.29, 1.82) is 0 Å². The first-order valence-corrected chi connectivity index (χ1v) is 8.26. The molecule has 0 fully saturated rings. The maximum absolute atomic E-state index is 13.7. The molecule has 0 aliphatic rings. The van der Waals surface area contributed by atoms with Crippen molar-refractivity contribution in [2.24, 2.45) is 0 Å². The minimum Gasteiger partial charge on any atom is -0.493 e. The number of rotatable bonds is 7. The van der Waals surface area contributed by atoms with Gasteiger partial charge in [-0.3, -0.25) is 0 Å². The molecule has 1 N–H and O–H groups in total. The Hall–Kier alpha value is -3.42. The van der Waals surface area contributed by atoms with Crippen LogP contribution in [0.4, 0.5) is 4.39 Å². The number of H-pyrrole nitrogens is 1. The summed E-state index contributed by atoms with van der Waals surface area (Å²) < 4.78 is 29.7. The van der Waals surface area contributed by atoms with Crippen molar-refractivity contribution in [2.75, 3.05) is 13.7 Å². The van der Waals surface area contributed by atoms with Gasteiger partial charge in [-0.15, -0.1) is 5.10 Å². The van der Waals surface area contributed by atoms with E-state index in [9.17, 15) is 9.18 Å². The van der Waals surface area contributed by atoms with Crippen LogP contribution < -0.4 is 9.47 Å². The molecule has 0 amide bonds. The van der Waals surface area contributed by atoms with E-state index in [1.807, 2.05) is 0 Å². The first-order valence-electron chi connectivity index (χ1n) is 8.26. The molecule has 140 valence electrons. The van der Waals surface area contributed by atoms with Gasteiger partial charge < -0.3 is 14.2 Å². The lowest BCUT2D eigenvalue weighted by atomic mass is 10.1. The van der Waals surface area contributed by atoms with Crippen molar-refractivity contribution in [3.05, 3.63) is 59.5 Å². The molecule has 0 spiro atoms. The fourth-order valence-electron chi connectivity index (χ4n) is 2.48. The van der Waals surface area contributed by atoms with Gasteiger partial charge in [-0.05, 0) is 31.2 Å². The van der Waals surface area contributed by atoms with E-state index in [0.29, 0.717) is 28.3 Å². The number of carbonyl (C=O) groups is 1. The van der Waals surface area contributed by atoms with Crippen molar-refractivity contribution >= 4 is 5.97 Å². The molecule has 0 bridgehead atoms. The van der Waals surface area contributed by atoms with Gasteiger partial charge in [0.05, 0.1) is 13.7 Å². The van der Waals surface area contributed by atoms with Gasteiger partial charge in [-0.2, -0.15) is 10.3 Å². The first-order chi connectivity index (χ1) is 13.1. The normalized spacial score (nSPS) is 10.5. The van der Waals surface area contributed by atoms with Crippen molar-refractivity contribution < 1.29 is 23.4 Å². The van der Waals surface area contributed by atoms with Gasteiger partial charge in [0.25, 0.3) is 0 Å². The van der Waals surface area contributed by atoms with E-state index >= 15 is 0 Å². The van der Waals surface area contributed by atoms with E-state index in [2.05, 4.69) is 15.4 Å². The second-order valence-electron chi connectivity index (χ2n) is 5.49. The van der Waals surface area contributed by atoms with E-state index < -0.39 is 5.97 Å². The molecule has 0 saturated carbocycles. The monoisotopic (exact) mass is 371 g/mol. The summed E-state index contributed by atoms with van der Waals surface area (Å²) in [6.07, 6.45) is 0. The molecule has 7 nitrogen and oxygen atoms in total. The van der Waals surface area contributed by atoms with E-state index in [1.165, 1.54) is 13.2 Å². The number of aromatic nitrogens is 3. The summed E-state index contributed by atoms with van der Waals surface area (Å²) in [6.45, 7) is 2.00. The molecule has 3 aromatic rings. The summed E-state index contributed by atoms with van der Waals surface area (Å²) in [7, 11) is 1.49. The molecule has 1 heterocycles. The van der Waals surface area contributed by atoms with Crippen molar-refractivity contribution in [3.63, 3.8) is 0 Å². The maximum Gasteiger partial charge on any atom is 0.361 e. The molecular formula is C19H18FN3O4. The summed E-state index contributed by atoms with van der Waals surface area (Å²) in [5, 5.41) is 10.3. The molecule has 0 radical (unpaired) electrons. The minimum absolute atomic E-state index is 0.0560. The molecule has 0 atom stereocenters. The Labute approximate surface area is 155 Å². The highest BCUT2D eigenvalue weighted by atomic mass is 19.1.